The summed E-state index contributed by atoms with van der Waals surface area (Å²) in [6.45, 7) is 5.35. The molecule has 1 aromatic carbocycles. The Morgan fingerprint density at radius 1 is 1.32 bits per heavy atom. The molecular weight excluding hydrogens is 376 g/mol. The van der Waals surface area contributed by atoms with Crippen molar-refractivity contribution < 1.29 is 9.53 Å². The molecule has 1 fully saturated rings. The molecule has 2 aromatic heterocycles. The van der Waals surface area contributed by atoms with Crippen molar-refractivity contribution in [3.63, 3.8) is 0 Å². The van der Waals surface area contributed by atoms with Crippen LogP contribution < -0.4 is 10.9 Å². The molecule has 8 heteroatoms. The SMILES string of the molecule is CC(C)Cn1cc(C(=O)Nc2nnc(C3CCCO3)s2)c2ccccc2c1=O. The number of carbonyl (C=O) groups excluding carboxylic acids is 1. The zero-order chi connectivity index (χ0) is 19.7. The van der Waals surface area contributed by atoms with Crippen molar-refractivity contribution in [1.82, 2.24) is 14.8 Å². The average Bonchev–Trinajstić information content (AvgIpc) is 3.35. The number of rotatable bonds is 5. The molecule has 1 aliphatic heterocycles. The molecule has 3 aromatic rings. The van der Waals surface area contributed by atoms with Gasteiger partial charge < -0.3 is 9.30 Å². The van der Waals surface area contributed by atoms with E-state index in [1.54, 1.807) is 22.9 Å². The smallest absolute Gasteiger partial charge is 0.259 e. The van der Waals surface area contributed by atoms with Gasteiger partial charge in [-0.05, 0) is 24.8 Å². The normalized spacial score (nSPS) is 16.8. The van der Waals surface area contributed by atoms with E-state index in [9.17, 15) is 9.59 Å². The van der Waals surface area contributed by atoms with Crippen LogP contribution in [0.15, 0.2) is 35.3 Å². The Balaban J connectivity index is 1.66. The van der Waals surface area contributed by atoms with Crippen molar-refractivity contribution in [2.24, 2.45) is 5.92 Å². The highest BCUT2D eigenvalue weighted by molar-refractivity contribution is 7.15. The van der Waals surface area contributed by atoms with Crippen LogP contribution in [0.3, 0.4) is 0 Å². The van der Waals surface area contributed by atoms with Crippen LogP contribution in [-0.4, -0.2) is 27.3 Å². The molecule has 28 heavy (non-hydrogen) atoms. The first-order valence-corrected chi connectivity index (χ1v) is 10.2. The number of ether oxygens (including phenoxy) is 1. The molecule has 0 spiro atoms. The predicted octanol–water partition coefficient (Wildman–Crippen LogP) is 3.61. The minimum atomic E-state index is -0.302. The Hall–Kier alpha value is -2.58. The molecule has 0 saturated carbocycles. The first-order chi connectivity index (χ1) is 13.5. The third-order valence-corrected chi connectivity index (χ3v) is 5.60. The van der Waals surface area contributed by atoms with E-state index in [1.807, 2.05) is 26.0 Å². The topological polar surface area (TPSA) is 86.1 Å². The molecule has 1 aliphatic rings. The van der Waals surface area contributed by atoms with Gasteiger partial charge in [-0.3, -0.25) is 14.9 Å². The summed E-state index contributed by atoms with van der Waals surface area (Å²) in [7, 11) is 0. The second-order valence-electron chi connectivity index (χ2n) is 7.34. The summed E-state index contributed by atoms with van der Waals surface area (Å²) in [5, 5.41) is 13.4. The maximum atomic E-state index is 13.0. The van der Waals surface area contributed by atoms with Crippen LogP contribution in [0.4, 0.5) is 5.13 Å². The number of hydrogen-bond donors (Lipinski definition) is 1. The fourth-order valence-corrected chi connectivity index (χ4v) is 4.23. The van der Waals surface area contributed by atoms with Gasteiger partial charge in [-0.1, -0.05) is 43.4 Å². The second-order valence-corrected chi connectivity index (χ2v) is 8.35. The van der Waals surface area contributed by atoms with Gasteiger partial charge in [0.15, 0.2) is 0 Å². The Labute approximate surface area is 166 Å². The van der Waals surface area contributed by atoms with Crippen LogP contribution in [0, 0.1) is 5.92 Å². The number of nitrogens with one attached hydrogen (secondary N) is 1. The van der Waals surface area contributed by atoms with Gasteiger partial charge in [-0.25, -0.2) is 0 Å². The predicted molar refractivity (Wildman–Crippen MR) is 109 cm³/mol. The fraction of sp³-hybridized carbons (Fsp3) is 0.400. The minimum Gasteiger partial charge on any atom is -0.371 e. The van der Waals surface area contributed by atoms with Gasteiger partial charge in [-0.15, -0.1) is 10.2 Å². The summed E-state index contributed by atoms with van der Waals surface area (Å²) < 4.78 is 7.23. The lowest BCUT2D eigenvalue weighted by Crippen LogP contribution is -2.25. The van der Waals surface area contributed by atoms with Gasteiger partial charge in [0.25, 0.3) is 11.5 Å². The second kappa shape index (κ2) is 7.81. The molecule has 1 atom stereocenters. The maximum Gasteiger partial charge on any atom is 0.259 e. The number of carbonyl (C=O) groups is 1. The van der Waals surface area contributed by atoms with Crippen LogP contribution in [0.1, 0.15) is 48.2 Å². The number of pyridine rings is 1. The van der Waals surface area contributed by atoms with Crippen molar-refractivity contribution in [2.45, 2.75) is 39.3 Å². The van der Waals surface area contributed by atoms with Crippen LogP contribution in [0.5, 0.6) is 0 Å². The molecular formula is C20H22N4O3S. The third kappa shape index (κ3) is 3.70. The molecule has 0 aliphatic carbocycles. The lowest BCUT2D eigenvalue weighted by Gasteiger charge is -2.13. The van der Waals surface area contributed by atoms with Gasteiger partial charge in [0, 0.05) is 30.1 Å². The lowest BCUT2D eigenvalue weighted by molar-refractivity contribution is 0.102. The zero-order valence-corrected chi connectivity index (χ0v) is 16.7. The number of amides is 1. The van der Waals surface area contributed by atoms with E-state index in [1.165, 1.54) is 11.3 Å². The van der Waals surface area contributed by atoms with Gasteiger partial charge in [-0.2, -0.15) is 0 Å². The largest absolute Gasteiger partial charge is 0.371 e. The Bertz CT molecular complexity index is 1070. The highest BCUT2D eigenvalue weighted by Crippen LogP contribution is 2.32. The highest BCUT2D eigenvalue weighted by Gasteiger charge is 2.23. The van der Waals surface area contributed by atoms with E-state index >= 15 is 0 Å². The number of benzene rings is 1. The molecule has 3 heterocycles. The molecule has 1 unspecified atom stereocenters. The Morgan fingerprint density at radius 3 is 2.82 bits per heavy atom. The van der Waals surface area contributed by atoms with E-state index in [0.29, 0.717) is 28.0 Å². The number of hydrogen-bond acceptors (Lipinski definition) is 6. The minimum absolute atomic E-state index is 0.0306. The van der Waals surface area contributed by atoms with Crippen molar-refractivity contribution in [3.8, 4) is 0 Å². The van der Waals surface area contributed by atoms with E-state index in [4.69, 9.17) is 4.74 Å². The van der Waals surface area contributed by atoms with Gasteiger partial charge >= 0.3 is 0 Å². The average molecular weight is 398 g/mol. The molecule has 1 saturated heterocycles. The number of fused-ring (bicyclic) bond motifs is 1. The first-order valence-electron chi connectivity index (χ1n) is 9.41. The zero-order valence-electron chi connectivity index (χ0n) is 15.8. The van der Waals surface area contributed by atoms with Crippen LogP contribution in [-0.2, 0) is 11.3 Å². The van der Waals surface area contributed by atoms with Crippen molar-refractivity contribution in [3.05, 3.63) is 51.4 Å². The molecule has 146 valence electrons. The molecule has 0 bridgehead atoms. The maximum absolute atomic E-state index is 13.0. The van der Waals surface area contributed by atoms with Gasteiger partial charge in [0.1, 0.15) is 11.1 Å². The highest BCUT2D eigenvalue weighted by atomic mass is 32.1. The lowest BCUT2D eigenvalue weighted by atomic mass is 10.1. The van der Waals surface area contributed by atoms with E-state index < -0.39 is 0 Å². The number of anilines is 1. The van der Waals surface area contributed by atoms with Crippen molar-refractivity contribution >= 4 is 33.1 Å². The summed E-state index contributed by atoms with van der Waals surface area (Å²) in [6.07, 6.45) is 3.54. The summed E-state index contributed by atoms with van der Waals surface area (Å²) in [4.78, 5) is 25.7. The molecule has 4 rings (SSSR count). The molecule has 1 amide bonds. The number of aromatic nitrogens is 3. The first kappa shape index (κ1) is 18.8. The fourth-order valence-electron chi connectivity index (χ4n) is 3.41. The van der Waals surface area contributed by atoms with Gasteiger partial charge in [0.2, 0.25) is 5.13 Å². The van der Waals surface area contributed by atoms with E-state index in [0.717, 1.165) is 24.5 Å². The van der Waals surface area contributed by atoms with Crippen LogP contribution in [0.25, 0.3) is 10.8 Å². The van der Waals surface area contributed by atoms with Crippen molar-refractivity contribution in [1.29, 1.82) is 0 Å². The molecule has 0 radical (unpaired) electrons. The quantitative estimate of drug-likeness (QED) is 0.709. The monoisotopic (exact) mass is 398 g/mol. The number of nitrogens with zero attached hydrogens (tertiary/aromatic N) is 3. The van der Waals surface area contributed by atoms with Crippen molar-refractivity contribution in [2.75, 3.05) is 11.9 Å². The summed E-state index contributed by atoms with van der Waals surface area (Å²) >= 11 is 1.33. The Kier molecular flexibility index (Phi) is 5.23. The van der Waals surface area contributed by atoms with Gasteiger partial charge in [0.05, 0.1) is 5.56 Å². The summed E-state index contributed by atoms with van der Waals surface area (Å²) in [6, 6.07) is 7.19. The summed E-state index contributed by atoms with van der Waals surface area (Å²) in [5.74, 6) is -0.0179. The van der Waals surface area contributed by atoms with Crippen LogP contribution in [0.2, 0.25) is 0 Å². The Morgan fingerprint density at radius 2 is 2.11 bits per heavy atom. The van der Waals surface area contributed by atoms with E-state index in [2.05, 4.69) is 15.5 Å². The summed E-state index contributed by atoms with van der Waals surface area (Å²) in [5.41, 5.74) is 0.363. The molecule has 1 N–H and O–H groups in total. The third-order valence-electron chi connectivity index (χ3n) is 4.67. The standard InChI is InChI=1S/C20H22N4O3S/c1-12(2)10-24-11-15(13-6-3-4-7-14(13)19(24)26)17(25)21-20-23-22-18(28-20)16-8-5-9-27-16/h3-4,6-7,11-12,16H,5,8-10H2,1-2H3,(H,21,23,25). The van der Waals surface area contributed by atoms with E-state index in [-0.39, 0.29) is 23.5 Å². The molecule has 7 nitrogen and oxygen atoms in total. The van der Waals surface area contributed by atoms with Crippen LogP contribution >= 0.6 is 11.3 Å².